The maximum atomic E-state index is 14.0. The van der Waals surface area contributed by atoms with Gasteiger partial charge in [0.2, 0.25) is 70.9 Å². The SMILES string of the molecule is CC[C@H](C)[C@H](NC(=O)[C@H](CCCCN)NC(=O)[C@H](CO)NC(=O)[C@H](CC(C)C)NC(=O)[C@H](CC(C)C)NC(=O)CNC(=O)[C@H](C)NC(=O)[C@@H](NC(=O)[C@H](C)NC(=O)CNC(=O)[C@@H](NC(=O)[C@@H](N)Cc1ccccc1)[C@@H](C)CC)C(C)C)C(=O)N[C@@H](Cc1ccccc1)C(=O)O. The number of nitrogens with two attached hydrogens (primary N) is 2. The van der Waals surface area contributed by atoms with E-state index in [1.165, 1.54) is 13.8 Å². The lowest BCUT2D eigenvalue weighted by atomic mass is 9.96. The molecule has 13 atom stereocenters. The smallest absolute Gasteiger partial charge is 0.326 e. The first kappa shape index (κ1) is 82.5. The van der Waals surface area contributed by atoms with Crippen molar-refractivity contribution < 1.29 is 72.5 Å². The van der Waals surface area contributed by atoms with E-state index in [1.807, 2.05) is 37.3 Å². The fourth-order valence-corrected chi connectivity index (χ4v) is 9.75. The molecular weight excluding hydrogens is 1230 g/mol. The molecule has 29 heteroatoms. The summed E-state index contributed by atoms with van der Waals surface area (Å²) in [6.45, 7) is 18.2. The van der Waals surface area contributed by atoms with Gasteiger partial charge in [-0.1, -0.05) is 143 Å². The number of hydrogen-bond donors (Lipinski definition) is 16. The molecule has 29 nitrogen and oxygen atoms in total. The van der Waals surface area contributed by atoms with Crippen molar-refractivity contribution in [3.8, 4) is 0 Å². The van der Waals surface area contributed by atoms with E-state index in [9.17, 15) is 72.5 Å². The largest absolute Gasteiger partial charge is 0.480 e. The Morgan fingerprint density at radius 1 is 0.421 bits per heavy atom. The van der Waals surface area contributed by atoms with Crippen LogP contribution in [0, 0.1) is 29.6 Å². The highest BCUT2D eigenvalue weighted by Gasteiger charge is 2.37. The van der Waals surface area contributed by atoms with Gasteiger partial charge in [0.05, 0.1) is 25.7 Å². The fraction of sp³-hybridized carbons (Fsp3) is 0.621. The first-order chi connectivity index (χ1) is 44.8. The van der Waals surface area contributed by atoms with E-state index >= 15 is 0 Å². The van der Waals surface area contributed by atoms with Crippen LogP contribution in [0.4, 0.5) is 0 Å². The van der Waals surface area contributed by atoms with Gasteiger partial charge in [-0.2, -0.15) is 0 Å². The van der Waals surface area contributed by atoms with Crippen molar-refractivity contribution in [1.82, 2.24) is 63.8 Å². The molecule has 95 heavy (non-hydrogen) atoms. The van der Waals surface area contributed by atoms with Crippen molar-refractivity contribution in [3.63, 3.8) is 0 Å². The third-order valence-corrected chi connectivity index (χ3v) is 15.8. The Bertz CT molecular complexity index is 2850. The summed E-state index contributed by atoms with van der Waals surface area (Å²) in [4.78, 5) is 175. The van der Waals surface area contributed by atoms with E-state index in [4.69, 9.17) is 11.5 Å². The van der Waals surface area contributed by atoms with Crippen LogP contribution in [0.3, 0.4) is 0 Å². The molecule has 0 aromatic heterocycles. The van der Waals surface area contributed by atoms with E-state index in [-0.39, 0.29) is 56.4 Å². The van der Waals surface area contributed by atoms with E-state index in [2.05, 4.69) is 63.8 Å². The van der Waals surface area contributed by atoms with Crippen LogP contribution in [0.25, 0.3) is 0 Å². The number of rotatable bonds is 43. The monoisotopic (exact) mass is 1330 g/mol. The second-order valence-electron chi connectivity index (χ2n) is 25.3. The molecule has 2 aromatic rings. The number of carboxylic acid groups (broad SMARTS) is 1. The van der Waals surface area contributed by atoms with Crippen LogP contribution in [0.5, 0.6) is 0 Å². The number of amides is 12. The zero-order chi connectivity index (χ0) is 71.6. The Morgan fingerprint density at radius 3 is 1.33 bits per heavy atom. The summed E-state index contributed by atoms with van der Waals surface area (Å²) >= 11 is 0. The number of aliphatic hydroxyl groups excluding tert-OH is 1. The van der Waals surface area contributed by atoms with Gasteiger partial charge >= 0.3 is 5.97 Å². The van der Waals surface area contributed by atoms with Gasteiger partial charge in [-0.15, -0.1) is 0 Å². The zero-order valence-corrected chi connectivity index (χ0v) is 57.1. The Balaban J connectivity index is 2.09. The van der Waals surface area contributed by atoms with Crippen molar-refractivity contribution in [2.45, 2.75) is 207 Å². The molecule has 0 fully saturated rings. The highest BCUT2D eigenvalue weighted by Crippen LogP contribution is 2.15. The minimum absolute atomic E-state index is 0.0189. The maximum Gasteiger partial charge on any atom is 0.326 e. The van der Waals surface area contributed by atoms with Gasteiger partial charge in [0.25, 0.3) is 0 Å². The number of carbonyl (C=O) groups excluding carboxylic acids is 12. The first-order valence-electron chi connectivity index (χ1n) is 32.7. The zero-order valence-electron chi connectivity index (χ0n) is 57.1. The molecule has 0 spiro atoms. The van der Waals surface area contributed by atoms with Crippen LogP contribution in [0.15, 0.2) is 60.7 Å². The maximum absolute atomic E-state index is 14.0. The Labute approximate surface area is 557 Å². The molecule has 530 valence electrons. The van der Waals surface area contributed by atoms with Crippen LogP contribution < -0.4 is 75.3 Å². The van der Waals surface area contributed by atoms with Crippen LogP contribution >= 0.6 is 0 Å². The molecular formula is C66H106N14O15. The Kier molecular flexibility index (Phi) is 37.1. The van der Waals surface area contributed by atoms with Gasteiger partial charge in [-0.05, 0) is 99.6 Å². The van der Waals surface area contributed by atoms with E-state index < -0.39 is 175 Å². The van der Waals surface area contributed by atoms with Gasteiger partial charge in [-0.25, -0.2) is 4.79 Å². The predicted molar refractivity (Wildman–Crippen MR) is 355 cm³/mol. The minimum atomic E-state index is -1.66. The van der Waals surface area contributed by atoms with Crippen molar-refractivity contribution in [1.29, 1.82) is 0 Å². The topological polar surface area (TPSA) is 459 Å². The summed E-state index contributed by atoms with van der Waals surface area (Å²) in [6.07, 6.45) is 1.99. The lowest BCUT2D eigenvalue weighted by Crippen LogP contribution is -2.61. The molecule has 0 radical (unpaired) electrons. The van der Waals surface area contributed by atoms with Crippen LogP contribution in [0.2, 0.25) is 0 Å². The summed E-state index contributed by atoms with van der Waals surface area (Å²) in [6, 6.07) is 3.98. The number of aliphatic hydroxyl groups is 1. The van der Waals surface area contributed by atoms with Crippen LogP contribution in [-0.2, 0) is 75.2 Å². The van der Waals surface area contributed by atoms with Crippen LogP contribution in [0.1, 0.15) is 139 Å². The van der Waals surface area contributed by atoms with Gasteiger partial charge in [-0.3, -0.25) is 57.5 Å². The Hall–Kier alpha value is -8.57. The van der Waals surface area contributed by atoms with Gasteiger partial charge in [0.1, 0.15) is 60.4 Å². The van der Waals surface area contributed by atoms with Gasteiger partial charge < -0.3 is 85.5 Å². The summed E-state index contributed by atoms with van der Waals surface area (Å²) in [5.74, 6) is -12.5. The second-order valence-corrected chi connectivity index (χ2v) is 25.3. The molecule has 0 bridgehead atoms. The van der Waals surface area contributed by atoms with Gasteiger partial charge in [0, 0.05) is 6.42 Å². The molecule has 0 heterocycles. The molecule has 0 unspecified atom stereocenters. The lowest BCUT2D eigenvalue weighted by molar-refractivity contribution is -0.142. The number of aliphatic carboxylic acids is 1. The summed E-state index contributed by atoms with van der Waals surface area (Å²) < 4.78 is 0. The van der Waals surface area contributed by atoms with Crippen LogP contribution in [-0.4, -0.2) is 180 Å². The Morgan fingerprint density at radius 2 is 0.832 bits per heavy atom. The quantitative estimate of drug-likeness (QED) is 0.0353. The molecule has 0 aliphatic rings. The average molecular weight is 1340 g/mol. The third kappa shape index (κ3) is 30.2. The normalized spacial score (nSPS) is 15.3. The molecule has 0 saturated carbocycles. The molecule has 0 saturated heterocycles. The van der Waals surface area contributed by atoms with Crippen molar-refractivity contribution in [3.05, 3.63) is 71.8 Å². The first-order valence-corrected chi connectivity index (χ1v) is 32.7. The third-order valence-electron chi connectivity index (χ3n) is 15.8. The average Bonchev–Trinajstić information content (AvgIpc) is 1.23. The number of benzene rings is 2. The number of carbonyl (C=O) groups is 13. The summed E-state index contributed by atoms with van der Waals surface area (Å²) in [5.41, 5.74) is 13.4. The molecule has 18 N–H and O–H groups in total. The molecule has 2 rings (SSSR count). The van der Waals surface area contributed by atoms with E-state index in [0.717, 1.165) is 5.56 Å². The number of unbranched alkanes of at least 4 members (excludes halogenated alkanes) is 1. The molecule has 12 amide bonds. The second kappa shape index (κ2) is 42.7. The number of nitrogens with one attached hydrogen (secondary N) is 12. The highest BCUT2D eigenvalue weighted by atomic mass is 16.4. The number of carboxylic acids is 1. The summed E-state index contributed by atoms with van der Waals surface area (Å²) in [5, 5.41) is 51.0. The van der Waals surface area contributed by atoms with Crippen molar-refractivity contribution >= 4 is 76.9 Å². The lowest BCUT2D eigenvalue weighted by Gasteiger charge is -2.29. The predicted octanol–water partition coefficient (Wildman–Crippen LogP) is -1.03. The van der Waals surface area contributed by atoms with Gasteiger partial charge in [0.15, 0.2) is 0 Å². The van der Waals surface area contributed by atoms with E-state index in [0.29, 0.717) is 31.2 Å². The van der Waals surface area contributed by atoms with Crippen molar-refractivity contribution in [2.75, 3.05) is 26.2 Å². The summed E-state index contributed by atoms with van der Waals surface area (Å²) in [7, 11) is 0. The molecule has 0 aliphatic heterocycles. The molecule has 2 aromatic carbocycles. The number of hydrogen-bond acceptors (Lipinski definition) is 16. The minimum Gasteiger partial charge on any atom is -0.480 e. The fourth-order valence-electron chi connectivity index (χ4n) is 9.75. The highest BCUT2D eigenvalue weighted by molar-refractivity contribution is 5.99. The molecule has 0 aliphatic carbocycles. The standard InChI is InChI=1S/C66H106N14O15/c1-13-39(9)54(79-58(86)45(68)31-43-23-17-15-18-24-43)63(91)70-33-51(82)71-42(12)57(85)78-53(38(7)8)64(92)72-41(11)56(84)69-34-52(83)73-47(29-36(3)4)60(88)75-48(30-37(5)6)61(89)77-50(35-81)62(90)74-46(27-21-22-28-67)59(87)80-55(40(10)14-2)65(93)76-49(66(94)95)32-44-25-19-16-20-26-44/h15-20,23-26,36-42,45-50,53-55,81H,13-14,21-22,27-35,67-68H2,1-12H3,(H,69,84)(H,70,91)(H,71,82)(H,72,92)(H,73,83)(H,74,90)(H,75,88)(H,76,93)(H,77,89)(H,78,85)(H,79,86)(H,80,87)(H,94,95)/t39-,40-,41-,42-,45-,46-,47-,48-,49-,50-,53-,54-,55-/m0/s1. The van der Waals surface area contributed by atoms with Crippen molar-refractivity contribution in [2.24, 2.45) is 41.1 Å². The van der Waals surface area contributed by atoms with E-state index in [1.54, 1.807) is 92.6 Å².